The molecule has 0 bridgehead atoms. The molecule has 0 unspecified atom stereocenters. The maximum Gasteiger partial charge on any atom is 0.226 e. The topological polar surface area (TPSA) is 88.6 Å². The number of anilines is 1. The predicted octanol–water partition coefficient (Wildman–Crippen LogP) is 1.30. The molecule has 7 heteroatoms. The Morgan fingerprint density at radius 1 is 1.39 bits per heavy atom. The first-order chi connectivity index (χ1) is 8.78. The zero-order valence-electron chi connectivity index (χ0n) is 10.5. The molecule has 0 saturated heterocycles. The summed E-state index contributed by atoms with van der Waals surface area (Å²) in [7, 11) is 0. The van der Waals surface area contributed by atoms with Crippen LogP contribution in [0.3, 0.4) is 0 Å². The Hall–Kier alpha value is -2.18. The van der Waals surface area contributed by atoms with Crippen LogP contribution in [0.4, 0.5) is 5.95 Å². The minimum atomic E-state index is 0.497. The molecule has 0 spiro atoms. The highest BCUT2D eigenvalue weighted by atomic mass is 16.5. The van der Waals surface area contributed by atoms with E-state index in [0.29, 0.717) is 25.0 Å². The summed E-state index contributed by atoms with van der Waals surface area (Å²) in [6.45, 7) is 5.10. The first-order valence-electron chi connectivity index (χ1n) is 5.84. The maximum absolute atomic E-state index is 5.49. The zero-order valence-corrected chi connectivity index (χ0v) is 10.5. The number of H-pyrrole nitrogens is 1. The van der Waals surface area contributed by atoms with Crippen LogP contribution in [0.2, 0.25) is 0 Å². The van der Waals surface area contributed by atoms with Gasteiger partial charge < -0.3 is 10.1 Å². The standard InChI is InChI=1S/C11H16N6O/c1-3-4-18-10-5-8(2)15-11(16-10)12-6-9-13-7-14-17-9/h5,7H,3-4,6H2,1-2H3,(H,12,15,16)(H,13,14,17). The molecule has 0 aliphatic heterocycles. The molecular weight excluding hydrogens is 232 g/mol. The molecule has 0 fully saturated rings. The monoisotopic (exact) mass is 248 g/mol. The molecule has 0 amide bonds. The van der Waals surface area contributed by atoms with Crippen molar-refractivity contribution in [3.8, 4) is 5.88 Å². The average molecular weight is 248 g/mol. The summed E-state index contributed by atoms with van der Waals surface area (Å²) >= 11 is 0. The number of ether oxygens (including phenoxy) is 1. The van der Waals surface area contributed by atoms with Gasteiger partial charge in [-0.1, -0.05) is 6.92 Å². The Balaban J connectivity index is 2.00. The molecule has 2 rings (SSSR count). The van der Waals surface area contributed by atoms with E-state index in [9.17, 15) is 0 Å². The number of rotatable bonds is 6. The van der Waals surface area contributed by atoms with E-state index < -0.39 is 0 Å². The summed E-state index contributed by atoms with van der Waals surface area (Å²) in [6.07, 6.45) is 2.41. The van der Waals surface area contributed by atoms with Crippen molar-refractivity contribution < 1.29 is 4.74 Å². The normalized spacial score (nSPS) is 10.3. The Kier molecular flexibility index (Phi) is 4.06. The van der Waals surface area contributed by atoms with Crippen molar-refractivity contribution >= 4 is 5.95 Å². The highest BCUT2D eigenvalue weighted by molar-refractivity contribution is 5.30. The molecule has 96 valence electrons. The summed E-state index contributed by atoms with van der Waals surface area (Å²) in [5.41, 5.74) is 0.858. The van der Waals surface area contributed by atoms with Gasteiger partial charge in [0, 0.05) is 11.8 Å². The highest BCUT2D eigenvalue weighted by Gasteiger charge is 2.03. The van der Waals surface area contributed by atoms with Gasteiger partial charge >= 0.3 is 0 Å². The van der Waals surface area contributed by atoms with Crippen molar-refractivity contribution in [1.29, 1.82) is 0 Å². The Morgan fingerprint density at radius 2 is 2.28 bits per heavy atom. The summed E-state index contributed by atoms with van der Waals surface area (Å²) in [4.78, 5) is 12.6. The second-order valence-corrected chi connectivity index (χ2v) is 3.81. The first-order valence-corrected chi connectivity index (χ1v) is 5.84. The molecule has 2 aromatic heterocycles. The lowest BCUT2D eigenvalue weighted by molar-refractivity contribution is 0.305. The van der Waals surface area contributed by atoms with Gasteiger partial charge in [0.15, 0.2) is 0 Å². The van der Waals surface area contributed by atoms with Gasteiger partial charge in [-0.2, -0.15) is 10.1 Å². The predicted molar refractivity (Wildman–Crippen MR) is 66.3 cm³/mol. The van der Waals surface area contributed by atoms with Crippen LogP contribution in [0.1, 0.15) is 24.9 Å². The fraction of sp³-hybridized carbons (Fsp3) is 0.455. The van der Waals surface area contributed by atoms with Gasteiger partial charge in [0.05, 0.1) is 13.2 Å². The molecule has 0 aromatic carbocycles. The highest BCUT2D eigenvalue weighted by Crippen LogP contribution is 2.12. The van der Waals surface area contributed by atoms with Crippen LogP contribution in [-0.4, -0.2) is 31.8 Å². The molecule has 0 aliphatic carbocycles. The number of aryl methyl sites for hydroxylation is 1. The molecule has 2 heterocycles. The lowest BCUT2D eigenvalue weighted by Crippen LogP contribution is -2.07. The van der Waals surface area contributed by atoms with E-state index in [-0.39, 0.29) is 0 Å². The van der Waals surface area contributed by atoms with Crippen molar-refractivity contribution in [2.45, 2.75) is 26.8 Å². The van der Waals surface area contributed by atoms with Gasteiger partial charge in [0.2, 0.25) is 11.8 Å². The molecule has 0 radical (unpaired) electrons. The molecule has 18 heavy (non-hydrogen) atoms. The average Bonchev–Trinajstić information content (AvgIpc) is 2.86. The van der Waals surface area contributed by atoms with E-state index >= 15 is 0 Å². The van der Waals surface area contributed by atoms with Gasteiger partial charge in [0.1, 0.15) is 12.2 Å². The van der Waals surface area contributed by atoms with Crippen LogP contribution in [-0.2, 0) is 6.54 Å². The second-order valence-electron chi connectivity index (χ2n) is 3.81. The third-order valence-electron chi connectivity index (χ3n) is 2.16. The van der Waals surface area contributed by atoms with Crippen molar-refractivity contribution in [1.82, 2.24) is 25.1 Å². The van der Waals surface area contributed by atoms with Crippen molar-refractivity contribution in [2.75, 3.05) is 11.9 Å². The lowest BCUT2D eigenvalue weighted by atomic mass is 10.4. The van der Waals surface area contributed by atoms with Gasteiger partial charge in [-0.25, -0.2) is 9.97 Å². The lowest BCUT2D eigenvalue weighted by Gasteiger charge is -2.07. The minimum absolute atomic E-state index is 0.497. The fourth-order valence-electron chi connectivity index (χ4n) is 1.38. The summed E-state index contributed by atoms with van der Waals surface area (Å²) in [5.74, 6) is 1.85. The van der Waals surface area contributed by atoms with E-state index in [1.165, 1.54) is 6.33 Å². The summed E-state index contributed by atoms with van der Waals surface area (Å²) in [6, 6.07) is 1.81. The van der Waals surface area contributed by atoms with Gasteiger partial charge in [0.25, 0.3) is 0 Å². The number of nitrogens with zero attached hydrogens (tertiary/aromatic N) is 4. The zero-order chi connectivity index (χ0) is 12.8. The maximum atomic E-state index is 5.49. The van der Waals surface area contributed by atoms with Gasteiger partial charge in [-0.05, 0) is 13.3 Å². The van der Waals surface area contributed by atoms with E-state index in [1.807, 2.05) is 13.0 Å². The van der Waals surface area contributed by atoms with Crippen molar-refractivity contribution in [3.63, 3.8) is 0 Å². The van der Waals surface area contributed by atoms with Crippen LogP contribution in [0, 0.1) is 6.92 Å². The fourth-order valence-corrected chi connectivity index (χ4v) is 1.38. The van der Waals surface area contributed by atoms with Gasteiger partial charge in [-0.15, -0.1) is 0 Å². The van der Waals surface area contributed by atoms with E-state index in [1.54, 1.807) is 0 Å². The Labute approximate surface area is 105 Å². The SMILES string of the molecule is CCCOc1cc(C)nc(NCc2ncn[nH]2)n1. The number of hydrogen-bond donors (Lipinski definition) is 2. The molecule has 0 atom stereocenters. The summed E-state index contributed by atoms with van der Waals surface area (Å²) < 4.78 is 5.49. The molecule has 2 aromatic rings. The quantitative estimate of drug-likeness (QED) is 0.801. The third-order valence-corrected chi connectivity index (χ3v) is 2.16. The number of aromatic nitrogens is 5. The molecule has 0 aliphatic rings. The summed E-state index contributed by atoms with van der Waals surface area (Å²) in [5, 5.41) is 9.60. The third kappa shape index (κ3) is 3.41. The van der Waals surface area contributed by atoms with Crippen LogP contribution in [0.15, 0.2) is 12.4 Å². The van der Waals surface area contributed by atoms with Gasteiger partial charge in [-0.3, -0.25) is 5.10 Å². The van der Waals surface area contributed by atoms with Crippen molar-refractivity contribution in [2.24, 2.45) is 0 Å². The molecule has 7 nitrogen and oxygen atoms in total. The molecular formula is C11H16N6O. The van der Waals surface area contributed by atoms with E-state index in [0.717, 1.165) is 17.9 Å². The Morgan fingerprint density at radius 3 is 3.00 bits per heavy atom. The van der Waals surface area contributed by atoms with Crippen LogP contribution in [0.5, 0.6) is 5.88 Å². The van der Waals surface area contributed by atoms with Crippen LogP contribution in [0.25, 0.3) is 0 Å². The number of hydrogen-bond acceptors (Lipinski definition) is 6. The van der Waals surface area contributed by atoms with Crippen LogP contribution < -0.4 is 10.1 Å². The number of nitrogens with one attached hydrogen (secondary N) is 2. The smallest absolute Gasteiger partial charge is 0.226 e. The number of aromatic amines is 1. The molecule has 0 saturated carbocycles. The molecule has 2 N–H and O–H groups in total. The Bertz CT molecular complexity index is 484. The second kappa shape index (κ2) is 5.95. The largest absolute Gasteiger partial charge is 0.478 e. The van der Waals surface area contributed by atoms with Crippen LogP contribution >= 0.6 is 0 Å². The van der Waals surface area contributed by atoms with E-state index in [2.05, 4.69) is 37.4 Å². The van der Waals surface area contributed by atoms with E-state index in [4.69, 9.17) is 4.74 Å². The van der Waals surface area contributed by atoms with Crippen molar-refractivity contribution in [3.05, 3.63) is 23.9 Å². The first kappa shape index (κ1) is 12.3. The minimum Gasteiger partial charge on any atom is -0.478 e.